The zero-order chi connectivity index (χ0) is 26.9. The van der Waals surface area contributed by atoms with Crippen LogP contribution in [0, 0.1) is 11.6 Å². The van der Waals surface area contributed by atoms with Gasteiger partial charge in [-0.05, 0) is 31.0 Å². The molecule has 14 heteroatoms. The molecule has 2 saturated heterocycles. The number of hydrogen-bond donors (Lipinski definition) is 1. The molecule has 0 spiro atoms. The van der Waals surface area contributed by atoms with Crippen LogP contribution in [0.2, 0.25) is 0 Å². The van der Waals surface area contributed by atoms with E-state index in [1.165, 1.54) is 7.11 Å². The Balaban J connectivity index is 1.65. The Hall–Kier alpha value is -3.26. The number of aromatic nitrogens is 3. The molecule has 2 aliphatic rings. The highest BCUT2D eigenvalue weighted by Crippen LogP contribution is 2.46. The first-order chi connectivity index (χ1) is 18.0. The summed E-state index contributed by atoms with van der Waals surface area (Å²) in [5.74, 6) is -2.23. The fraction of sp³-hybridized carbons (Fsp3) is 0.375. The number of nitrogens with one attached hydrogen (secondary N) is 1. The van der Waals surface area contributed by atoms with Crippen LogP contribution in [-0.4, -0.2) is 47.2 Å². The third-order valence-corrected chi connectivity index (χ3v) is 7.93. The van der Waals surface area contributed by atoms with Gasteiger partial charge in [-0.2, -0.15) is 23.1 Å². The summed E-state index contributed by atoms with van der Waals surface area (Å²) in [6.07, 6.45) is -6.37. The minimum absolute atomic E-state index is 0.0964. The largest absolute Gasteiger partial charge is 0.467 e. The molecule has 2 bridgehead atoms. The monoisotopic (exact) mass is 557 g/mol. The quantitative estimate of drug-likeness (QED) is 0.307. The topological polar surface area (TPSA) is 63.2 Å². The zero-order valence-electron chi connectivity index (χ0n) is 19.5. The lowest BCUT2D eigenvalue weighted by atomic mass is 9.95. The van der Waals surface area contributed by atoms with Gasteiger partial charge in [0.25, 0.3) is 6.43 Å². The molecule has 0 saturated carbocycles. The van der Waals surface area contributed by atoms with Crippen molar-refractivity contribution in [2.24, 2.45) is 0 Å². The number of ether oxygens (including phenoxy) is 1. The molecule has 2 aliphatic heterocycles. The summed E-state index contributed by atoms with van der Waals surface area (Å²) in [7, 11) is 1.25. The number of halogens is 7. The molecule has 2 atom stereocenters. The number of alkyl halides is 5. The van der Waals surface area contributed by atoms with Crippen molar-refractivity contribution in [1.29, 1.82) is 0 Å². The van der Waals surface area contributed by atoms with E-state index in [1.54, 1.807) is 4.90 Å². The molecule has 0 radical (unpaired) electrons. The average molecular weight is 557 g/mol. The van der Waals surface area contributed by atoms with Gasteiger partial charge in [-0.1, -0.05) is 0 Å². The maximum Gasteiger partial charge on any atom is 0.417 e. The van der Waals surface area contributed by atoms with Gasteiger partial charge in [0.15, 0.2) is 10.8 Å². The highest BCUT2D eigenvalue weighted by molar-refractivity contribution is 7.18. The summed E-state index contributed by atoms with van der Waals surface area (Å²) in [5, 5.41) is 2.45. The summed E-state index contributed by atoms with van der Waals surface area (Å²) < 4.78 is 105. The second kappa shape index (κ2) is 8.90. The van der Waals surface area contributed by atoms with Gasteiger partial charge in [0.1, 0.15) is 17.2 Å². The van der Waals surface area contributed by atoms with E-state index < -0.39 is 61.7 Å². The lowest BCUT2D eigenvalue weighted by molar-refractivity contribution is -0.137. The predicted octanol–water partition coefficient (Wildman–Crippen LogP) is 6.09. The van der Waals surface area contributed by atoms with E-state index in [4.69, 9.17) is 4.74 Å². The van der Waals surface area contributed by atoms with Crippen LogP contribution in [0.3, 0.4) is 0 Å². The molecule has 0 aliphatic carbocycles. The molecule has 2 unspecified atom stereocenters. The first-order valence-corrected chi connectivity index (χ1v) is 12.4. The Bertz CT molecular complexity index is 1560. The molecule has 38 heavy (non-hydrogen) atoms. The molecule has 2 fully saturated rings. The molecule has 6 rings (SSSR count). The Labute approximate surface area is 214 Å². The van der Waals surface area contributed by atoms with E-state index in [0.29, 0.717) is 24.4 Å². The number of thiazole rings is 1. The lowest BCUT2D eigenvalue weighted by Gasteiger charge is -2.34. The number of rotatable bonds is 4. The minimum atomic E-state index is -5.06. The van der Waals surface area contributed by atoms with Crippen molar-refractivity contribution in [2.45, 2.75) is 37.5 Å². The van der Waals surface area contributed by atoms with Crippen molar-refractivity contribution >= 4 is 38.3 Å². The van der Waals surface area contributed by atoms with Crippen molar-refractivity contribution in [3.63, 3.8) is 0 Å². The fourth-order valence-corrected chi connectivity index (χ4v) is 6.12. The number of fused-ring (bicyclic) bond motifs is 4. The van der Waals surface area contributed by atoms with Crippen LogP contribution in [0.5, 0.6) is 6.01 Å². The van der Waals surface area contributed by atoms with Gasteiger partial charge in [-0.15, -0.1) is 11.3 Å². The van der Waals surface area contributed by atoms with Crippen LogP contribution in [-0.2, 0) is 6.18 Å². The molecular formula is C24H18F7N5OS. The van der Waals surface area contributed by atoms with Gasteiger partial charge < -0.3 is 15.0 Å². The minimum Gasteiger partial charge on any atom is -0.467 e. The van der Waals surface area contributed by atoms with Gasteiger partial charge in [-0.25, -0.2) is 22.5 Å². The summed E-state index contributed by atoms with van der Waals surface area (Å²) in [6.45, 7) is 0.897. The maximum absolute atomic E-state index is 16.2. The van der Waals surface area contributed by atoms with E-state index in [-0.39, 0.29) is 29.3 Å². The van der Waals surface area contributed by atoms with E-state index in [1.807, 2.05) is 0 Å². The van der Waals surface area contributed by atoms with Gasteiger partial charge >= 0.3 is 12.2 Å². The second-order valence-corrected chi connectivity index (χ2v) is 10.2. The normalized spacial score (nSPS) is 19.8. The van der Waals surface area contributed by atoms with Crippen molar-refractivity contribution in [3.05, 3.63) is 40.4 Å². The van der Waals surface area contributed by atoms with Crippen molar-refractivity contribution in [1.82, 2.24) is 20.3 Å². The fourth-order valence-electron chi connectivity index (χ4n) is 5.27. The van der Waals surface area contributed by atoms with Gasteiger partial charge in [0.2, 0.25) is 0 Å². The SMILES string of the molecule is COc1nc(N2CC3CCC(C2)N3)c2cc(C(F)(F)F)c(-c3ccc(F)c4sc(C(F)F)nc34)c(F)c2n1. The van der Waals surface area contributed by atoms with Crippen molar-refractivity contribution in [3.8, 4) is 17.1 Å². The molecule has 4 heterocycles. The molecule has 4 aromatic rings. The maximum atomic E-state index is 16.2. The number of nitrogens with zero attached hydrogens (tertiary/aromatic N) is 4. The molecule has 2 aromatic heterocycles. The Morgan fingerprint density at radius 1 is 1.05 bits per heavy atom. The highest BCUT2D eigenvalue weighted by Gasteiger charge is 2.39. The highest BCUT2D eigenvalue weighted by atomic mass is 32.1. The number of methoxy groups -OCH3 is 1. The third kappa shape index (κ3) is 4.01. The van der Waals surface area contributed by atoms with Gasteiger partial charge in [0.05, 0.1) is 22.9 Å². The standard InChI is InChI=1S/C24H18F7N5OS/c1-37-23-34-17-12(21(35-23)36-7-9-2-3-10(8-36)32-9)6-13(24(29,30)31)15(16(17)26)11-4-5-14(25)19-18(11)33-22(38-19)20(27)28/h4-6,9-10,20,32H,2-3,7-8H2,1H3. The summed E-state index contributed by atoms with van der Waals surface area (Å²) >= 11 is 0.299. The Morgan fingerprint density at radius 3 is 2.39 bits per heavy atom. The zero-order valence-corrected chi connectivity index (χ0v) is 20.4. The number of piperazine rings is 1. The average Bonchev–Trinajstić information content (AvgIpc) is 3.47. The van der Waals surface area contributed by atoms with E-state index >= 15 is 4.39 Å². The van der Waals surface area contributed by atoms with Crippen LogP contribution >= 0.6 is 11.3 Å². The Kier molecular flexibility index (Phi) is 5.87. The summed E-state index contributed by atoms with van der Waals surface area (Å²) in [5.41, 5.74) is -3.75. The van der Waals surface area contributed by atoms with Crippen molar-refractivity contribution < 1.29 is 35.5 Å². The van der Waals surface area contributed by atoms with E-state index in [0.717, 1.165) is 31.0 Å². The molecule has 2 aromatic carbocycles. The smallest absolute Gasteiger partial charge is 0.417 e. The molecule has 200 valence electrons. The van der Waals surface area contributed by atoms with Crippen LogP contribution < -0.4 is 15.0 Å². The molecule has 0 amide bonds. The number of hydrogen-bond acceptors (Lipinski definition) is 7. The summed E-state index contributed by atoms with van der Waals surface area (Å²) in [4.78, 5) is 13.7. The lowest BCUT2D eigenvalue weighted by Crippen LogP contribution is -2.51. The van der Waals surface area contributed by atoms with Gasteiger partial charge in [-0.3, -0.25) is 0 Å². The Morgan fingerprint density at radius 2 is 1.76 bits per heavy atom. The van der Waals surface area contributed by atoms with Crippen LogP contribution in [0.25, 0.3) is 32.2 Å². The first kappa shape index (κ1) is 25.0. The third-order valence-electron chi connectivity index (χ3n) is 6.86. The second-order valence-electron chi connectivity index (χ2n) is 9.21. The predicted molar refractivity (Wildman–Crippen MR) is 127 cm³/mol. The van der Waals surface area contributed by atoms with Gasteiger partial charge in [0, 0.05) is 41.7 Å². The molecular weight excluding hydrogens is 539 g/mol. The van der Waals surface area contributed by atoms with Crippen molar-refractivity contribution in [2.75, 3.05) is 25.1 Å². The molecule has 1 N–H and O–H groups in total. The van der Waals surface area contributed by atoms with Crippen LogP contribution in [0.1, 0.15) is 29.8 Å². The van der Waals surface area contributed by atoms with E-state index in [9.17, 15) is 26.3 Å². The number of anilines is 1. The number of benzene rings is 2. The van der Waals surface area contributed by atoms with Crippen LogP contribution in [0.15, 0.2) is 18.2 Å². The van der Waals surface area contributed by atoms with Crippen LogP contribution in [0.4, 0.5) is 36.6 Å². The first-order valence-electron chi connectivity index (χ1n) is 11.6. The molecule has 6 nitrogen and oxygen atoms in total. The van der Waals surface area contributed by atoms with E-state index in [2.05, 4.69) is 20.3 Å². The summed E-state index contributed by atoms with van der Waals surface area (Å²) in [6, 6.07) is 2.43.